The van der Waals surface area contributed by atoms with E-state index in [0.717, 1.165) is 5.56 Å². The van der Waals surface area contributed by atoms with E-state index in [1.165, 1.54) is 58.8 Å². The van der Waals surface area contributed by atoms with E-state index < -0.39 is 27.9 Å². The number of methoxy groups -OCH3 is 1. The second-order valence-corrected chi connectivity index (χ2v) is 12.8. The summed E-state index contributed by atoms with van der Waals surface area (Å²) in [4.78, 5) is 40.2. The normalized spacial score (nSPS) is 14.3. The van der Waals surface area contributed by atoms with Gasteiger partial charge in [-0.25, -0.2) is 18.0 Å². The van der Waals surface area contributed by atoms with Crippen molar-refractivity contribution in [2.45, 2.75) is 31.8 Å². The molecule has 1 aliphatic rings. The Hall–Kier alpha value is -4.97. The number of hydrogen-bond acceptors (Lipinski definition) is 8. The van der Waals surface area contributed by atoms with Crippen LogP contribution < -0.4 is 4.90 Å². The van der Waals surface area contributed by atoms with Gasteiger partial charge in [0.25, 0.3) is 5.91 Å². The minimum absolute atomic E-state index is 0.0275. The van der Waals surface area contributed by atoms with Gasteiger partial charge in [-0.15, -0.1) is 0 Å². The molecule has 0 aliphatic carbocycles. The number of rotatable bonds is 11. The molecule has 0 atom stereocenters. The molecular weight excluding hydrogens is 644 g/mol. The molecule has 0 spiro atoms. The quantitative estimate of drug-likeness (QED) is 0.133. The average Bonchev–Trinajstić information content (AvgIpc) is 3.61. The Labute approximate surface area is 277 Å². The zero-order valence-electron chi connectivity index (χ0n) is 25.8. The molecule has 10 nitrogen and oxygen atoms in total. The predicted octanol–water partition coefficient (Wildman–Crippen LogP) is 6.38. The molecule has 0 fully saturated rings. The number of sulfonamides is 1. The van der Waals surface area contributed by atoms with Crippen LogP contribution >= 0.6 is 11.6 Å². The van der Waals surface area contributed by atoms with Crippen molar-refractivity contribution in [3.63, 3.8) is 0 Å². The first-order valence-electron chi connectivity index (χ1n) is 14.5. The second kappa shape index (κ2) is 14.2. The van der Waals surface area contributed by atoms with Crippen LogP contribution in [0.5, 0.6) is 0 Å². The summed E-state index contributed by atoms with van der Waals surface area (Å²) in [5, 5.41) is 0.409. The van der Waals surface area contributed by atoms with Gasteiger partial charge in [-0.05, 0) is 86.2 Å². The number of esters is 2. The van der Waals surface area contributed by atoms with E-state index in [9.17, 15) is 22.8 Å². The molecule has 0 radical (unpaired) electrons. The summed E-state index contributed by atoms with van der Waals surface area (Å²) in [6, 6.07) is 24.5. The van der Waals surface area contributed by atoms with Crippen LogP contribution in [0.2, 0.25) is 5.02 Å². The van der Waals surface area contributed by atoms with Crippen LogP contribution in [0.1, 0.15) is 41.3 Å². The number of ether oxygens (including phenoxy) is 2. The molecule has 47 heavy (non-hydrogen) atoms. The van der Waals surface area contributed by atoms with Gasteiger partial charge in [0.1, 0.15) is 11.5 Å². The number of benzene rings is 3. The topological polar surface area (TPSA) is 123 Å². The zero-order chi connectivity index (χ0) is 33.7. The van der Waals surface area contributed by atoms with Gasteiger partial charge in [0.15, 0.2) is 0 Å². The lowest BCUT2D eigenvalue weighted by Crippen LogP contribution is -2.30. The summed E-state index contributed by atoms with van der Waals surface area (Å²) < 4.78 is 44.8. The molecule has 0 saturated heterocycles. The van der Waals surface area contributed by atoms with E-state index >= 15 is 0 Å². The van der Waals surface area contributed by atoms with Crippen molar-refractivity contribution >= 4 is 51.2 Å². The van der Waals surface area contributed by atoms with Crippen LogP contribution in [0.25, 0.3) is 6.08 Å². The monoisotopic (exact) mass is 674 g/mol. The third-order valence-electron chi connectivity index (χ3n) is 7.38. The molecule has 1 aliphatic heterocycles. The molecule has 242 valence electrons. The van der Waals surface area contributed by atoms with Gasteiger partial charge in [-0.3, -0.25) is 9.69 Å². The highest BCUT2D eigenvalue weighted by Gasteiger charge is 2.38. The van der Waals surface area contributed by atoms with Crippen LogP contribution in [0.15, 0.2) is 117 Å². The van der Waals surface area contributed by atoms with E-state index in [2.05, 4.69) is 0 Å². The van der Waals surface area contributed by atoms with Crippen molar-refractivity contribution < 1.29 is 36.7 Å². The highest BCUT2D eigenvalue weighted by atomic mass is 35.5. The zero-order valence-corrected chi connectivity index (χ0v) is 27.4. The minimum atomic E-state index is -3.98. The molecule has 0 saturated carbocycles. The highest BCUT2D eigenvalue weighted by Crippen LogP contribution is 2.36. The van der Waals surface area contributed by atoms with E-state index in [1.807, 2.05) is 30.3 Å². The van der Waals surface area contributed by atoms with Crippen LogP contribution in [0, 0.1) is 0 Å². The molecule has 3 aromatic carbocycles. The van der Waals surface area contributed by atoms with Gasteiger partial charge in [-0.1, -0.05) is 41.9 Å². The first-order valence-corrected chi connectivity index (χ1v) is 16.4. The maximum atomic E-state index is 13.8. The van der Waals surface area contributed by atoms with Gasteiger partial charge in [0.2, 0.25) is 10.0 Å². The lowest BCUT2D eigenvalue weighted by atomic mass is 10.1. The Morgan fingerprint density at radius 3 is 2.23 bits per heavy atom. The SMILES string of the molecule is CCOC(=O)c1ccc(N2C(=O)/C(=C/c3ccc(CN(Cc4ccccc4)S(=O)(=O)c4ccc(Cl)cc4)o3)C(C(=O)OC)=C2C)cc1. The molecule has 2 heterocycles. The van der Waals surface area contributed by atoms with Crippen molar-refractivity contribution in [3.05, 3.63) is 136 Å². The predicted molar refractivity (Wildman–Crippen MR) is 176 cm³/mol. The number of hydrogen-bond donors (Lipinski definition) is 0. The molecular formula is C35H31ClN2O8S. The van der Waals surface area contributed by atoms with Crippen molar-refractivity contribution in [2.24, 2.45) is 0 Å². The van der Waals surface area contributed by atoms with Gasteiger partial charge in [0, 0.05) is 23.0 Å². The number of furan rings is 1. The minimum Gasteiger partial charge on any atom is -0.465 e. The summed E-state index contributed by atoms with van der Waals surface area (Å²) in [5.74, 6) is -1.20. The Kier molecular flexibility index (Phi) is 10.1. The number of carbonyl (C=O) groups is 3. The van der Waals surface area contributed by atoms with E-state index in [1.54, 1.807) is 38.1 Å². The average molecular weight is 675 g/mol. The van der Waals surface area contributed by atoms with Gasteiger partial charge >= 0.3 is 11.9 Å². The van der Waals surface area contributed by atoms with Crippen molar-refractivity contribution in [1.82, 2.24) is 4.31 Å². The van der Waals surface area contributed by atoms with Crippen LogP contribution in [0.4, 0.5) is 5.69 Å². The lowest BCUT2D eigenvalue weighted by Gasteiger charge is -2.21. The number of anilines is 1. The summed E-state index contributed by atoms with van der Waals surface area (Å²) in [6.07, 6.45) is 1.42. The van der Waals surface area contributed by atoms with E-state index in [4.69, 9.17) is 25.5 Å². The maximum Gasteiger partial charge on any atom is 0.340 e. The number of nitrogens with zero attached hydrogens (tertiary/aromatic N) is 2. The van der Waals surface area contributed by atoms with Gasteiger partial charge < -0.3 is 13.9 Å². The molecule has 0 N–H and O–H groups in total. The number of carbonyl (C=O) groups excluding carboxylic acids is 3. The highest BCUT2D eigenvalue weighted by molar-refractivity contribution is 7.89. The number of amides is 1. The fraction of sp³-hybridized carbons (Fsp3) is 0.171. The van der Waals surface area contributed by atoms with Gasteiger partial charge in [0.05, 0.1) is 41.9 Å². The molecule has 4 aromatic rings. The van der Waals surface area contributed by atoms with Crippen LogP contribution in [-0.4, -0.2) is 44.3 Å². The maximum absolute atomic E-state index is 13.8. The fourth-order valence-electron chi connectivity index (χ4n) is 5.09. The van der Waals surface area contributed by atoms with Crippen molar-refractivity contribution in [1.29, 1.82) is 0 Å². The van der Waals surface area contributed by atoms with E-state index in [-0.39, 0.29) is 41.5 Å². The summed E-state index contributed by atoms with van der Waals surface area (Å²) in [5.41, 5.74) is 1.91. The third-order valence-corrected chi connectivity index (χ3v) is 9.44. The Bertz CT molecular complexity index is 1970. The summed E-state index contributed by atoms with van der Waals surface area (Å²) in [6.45, 7) is 3.49. The summed E-state index contributed by atoms with van der Waals surface area (Å²) >= 11 is 6.00. The van der Waals surface area contributed by atoms with Crippen molar-refractivity contribution in [3.8, 4) is 0 Å². The van der Waals surface area contributed by atoms with Gasteiger partial charge in [-0.2, -0.15) is 4.31 Å². The molecule has 0 unspecified atom stereocenters. The van der Waals surface area contributed by atoms with E-state index in [0.29, 0.717) is 27.7 Å². The molecule has 1 aromatic heterocycles. The standard InChI is InChI=1S/C35H31ClN2O8S/c1-4-45-34(40)25-10-14-27(15-11-25)38-23(2)32(35(41)44-3)31(33(38)39)20-28-16-17-29(46-28)22-37(21-24-8-6-5-7-9-24)47(42,43)30-18-12-26(36)13-19-30/h5-20H,4,21-22H2,1-3H3/b31-20+. The third kappa shape index (κ3) is 7.22. The number of allylic oxidation sites excluding steroid dienone is 1. The summed E-state index contributed by atoms with van der Waals surface area (Å²) in [7, 11) is -2.76. The van der Waals surface area contributed by atoms with Crippen molar-refractivity contribution in [2.75, 3.05) is 18.6 Å². The smallest absolute Gasteiger partial charge is 0.340 e. The first-order chi connectivity index (χ1) is 22.5. The Balaban J connectivity index is 1.45. The number of halogens is 1. The Morgan fingerprint density at radius 2 is 1.60 bits per heavy atom. The first kappa shape index (κ1) is 33.4. The fourth-order valence-corrected chi connectivity index (χ4v) is 6.61. The molecule has 1 amide bonds. The molecule has 0 bridgehead atoms. The molecule has 5 rings (SSSR count). The lowest BCUT2D eigenvalue weighted by molar-refractivity contribution is -0.136. The van der Waals surface area contributed by atoms with Crippen LogP contribution in [-0.2, 0) is 42.2 Å². The second-order valence-electron chi connectivity index (χ2n) is 10.4. The molecule has 12 heteroatoms. The van der Waals surface area contributed by atoms with Crippen LogP contribution in [0.3, 0.4) is 0 Å². The largest absolute Gasteiger partial charge is 0.465 e. The Morgan fingerprint density at radius 1 is 0.915 bits per heavy atom.